The molecule has 242 valence electrons. The van der Waals surface area contributed by atoms with Crippen LogP contribution in [0.15, 0.2) is 48.6 Å². The van der Waals surface area contributed by atoms with Crippen molar-refractivity contribution in [2.45, 2.75) is 111 Å². The number of hydrogen-bond acceptors (Lipinski definition) is 5. The fraction of sp³-hybridized carbons (Fsp3) is 0.692. The van der Waals surface area contributed by atoms with E-state index < -0.39 is 5.97 Å². The average Bonchev–Trinajstić information content (AvgIpc) is 3.36. The van der Waals surface area contributed by atoms with E-state index in [9.17, 15) is 9.59 Å². The lowest BCUT2D eigenvalue weighted by Gasteiger charge is -2.58. The van der Waals surface area contributed by atoms with E-state index >= 15 is 0 Å². The summed E-state index contributed by atoms with van der Waals surface area (Å²) < 4.78 is 16.6. The number of allylic oxidation sites excluding steroid dienone is 1. The van der Waals surface area contributed by atoms with Crippen LogP contribution < -0.4 is 4.74 Å². The Labute approximate surface area is 266 Å². The summed E-state index contributed by atoms with van der Waals surface area (Å²) in [6, 6.07) is 6.99. The topological polar surface area (TPSA) is 61.8 Å². The highest BCUT2D eigenvalue weighted by molar-refractivity contribution is 5.89. The highest BCUT2D eigenvalue weighted by Crippen LogP contribution is 2.67. The second kappa shape index (κ2) is 13.8. The lowest BCUT2D eigenvalue weighted by atomic mass is 9.47. The van der Waals surface area contributed by atoms with E-state index in [0.717, 1.165) is 60.8 Å². The molecule has 0 saturated heterocycles. The first-order valence-electron chi connectivity index (χ1n) is 17.5. The zero-order valence-corrected chi connectivity index (χ0v) is 27.9. The third-order valence-corrected chi connectivity index (χ3v) is 12.4. The number of esters is 2. The molecular weight excluding hydrogens is 548 g/mol. The summed E-state index contributed by atoms with van der Waals surface area (Å²) >= 11 is 0. The van der Waals surface area contributed by atoms with Crippen LogP contribution in [0.4, 0.5) is 0 Å². The first-order chi connectivity index (χ1) is 21.0. The molecule has 0 unspecified atom stereocenters. The molecule has 4 aliphatic carbocycles. The summed E-state index contributed by atoms with van der Waals surface area (Å²) in [7, 11) is 0. The van der Waals surface area contributed by atoms with E-state index in [1.54, 1.807) is 29.8 Å². The first kappa shape index (κ1) is 32.8. The van der Waals surface area contributed by atoms with Gasteiger partial charge in [-0.1, -0.05) is 72.1 Å². The Bertz CT molecular complexity index is 1200. The van der Waals surface area contributed by atoms with Crippen LogP contribution in [0.1, 0.15) is 116 Å². The van der Waals surface area contributed by atoms with Crippen LogP contribution in [-0.2, 0) is 14.3 Å². The van der Waals surface area contributed by atoms with Gasteiger partial charge in [0.15, 0.2) is 0 Å². The molecule has 0 heterocycles. The van der Waals surface area contributed by atoms with Gasteiger partial charge < -0.3 is 14.2 Å². The van der Waals surface area contributed by atoms with Crippen molar-refractivity contribution in [3.8, 4) is 5.75 Å². The van der Waals surface area contributed by atoms with Gasteiger partial charge in [0.25, 0.3) is 0 Å². The molecule has 44 heavy (non-hydrogen) atoms. The molecule has 0 aliphatic heterocycles. The lowest BCUT2D eigenvalue weighted by molar-refractivity contribution is -0.138. The summed E-state index contributed by atoms with van der Waals surface area (Å²) in [5.74, 6) is 4.84. The van der Waals surface area contributed by atoms with Gasteiger partial charge in [0.1, 0.15) is 25.1 Å². The van der Waals surface area contributed by atoms with Crippen LogP contribution in [0.25, 0.3) is 0 Å². The quantitative estimate of drug-likeness (QED) is 0.103. The maximum absolute atomic E-state index is 13.1. The summed E-state index contributed by atoms with van der Waals surface area (Å²) in [6.07, 6.45) is 17.5. The third-order valence-electron chi connectivity index (χ3n) is 12.4. The van der Waals surface area contributed by atoms with E-state index in [2.05, 4.69) is 47.3 Å². The number of hydrogen-bond donors (Lipinski definition) is 0. The maximum atomic E-state index is 13.1. The minimum absolute atomic E-state index is 0.0646. The first-order valence-corrected chi connectivity index (χ1v) is 17.5. The van der Waals surface area contributed by atoms with Gasteiger partial charge in [-0.2, -0.15) is 0 Å². The zero-order chi connectivity index (χ0) is 31.5. The summed E-state index contributed by atoms with van der Waals surface area (Å²) in [4.78, 5) is 24.2. The van der Waals surface area contributed by atoms with E-state index in [0.29, 0.717) is 16.7 Å². The SMILES string of the molecule is C=CC(=O)OCCOc1ccc(C(=O)O[C@H]2CC[C@@]3(C)C(=CC[C@H]4[C@@H]5CC[C@H]([C@H](C)CCCC(C)C)[C@@]5(C)CC[C@@H]43)C2)cc1. The Balaban J connectivity index is 1.15. The smallest absolute Gasteiger partial charge is 0.338 e. The van der Waals surface area contributed by atoms with Crippen LogP contribution in [0.5, 0.6) is 5.75 Å². The highest BCUT2D eigenvalue weighted by atomic mass is 16.6. The van der Waals surface area contributed by atoms with E-state index in [1.807, 2.05) is 0 Å². The molecule has 8 atom stereocenters. The van der Waals surface area contributed by atoms with Crippen LogP contribution in [0.2, 0.25) is 0 Å². The van der Waals surface area contributed by atoms with Gasteiger partial charge in [-0.3, -0.25) is 0 Å². The summed E-state index contributed by atoms with van der Waals surface area (Å²) in [5.41, 5.74) is 2.82. The maximum Gasteiger partial charge on any atom is 0.338 e. The minimum Gasteiger partial charge on any atom is -0.490 e. The number of carbonyl (C=O) groups is 2. The molecule has 0 spiro atoms. The van der Waals surface area contributed by atoms with Crippen molar-refractivity contribution in [2.75, 3.05) is 13.2 Å². The van der Waals surface area contributed by atoms with Crippen molar-refractivity contribution in [1.29, 1.82) is 0 Å². The van der Waals surface area contributed by atoms with Gasteiger partial charge in [0.05, 0.1) is 5.56 Å². The van der Waals surface area contributed by atoms with Crippen molar-refractivity contribution < 1.29 is 23.8 Å². The van der Waals surface area contributed by atoms with E-state index in [-0.39, 0.29) is 30.7 Å². The Morgan fingerprint density at radius 2 is 1.75 bits per heavy atom. The Morgan fingerprint density at radius 1 is 0.977 bits per heavy atom. The highest BCUT2D eigenvalue weighted by Gasteiger charge is 2.59. The standard InChI is InChI=1S/C39H56O5/c1-7-36(40)43-24-23-42-30-14-11-28(12-15-30)37(41)44-31-19-21-38(5)29(25-31)13-16-32-34-18-17-33(27(4)10-8-9-26(2)3)39(34,6)22-20-35(32)38/h7,11-15,26-27,31-35H,1,8-10,16-25H2,2-6H3/t27-,31+,32+,33-,34+,35+,38+,39-/m1/s1. The molecule has 5 rings (SSSR count). The second-order valence-corrected chi connectivity index (χ2v) is 15.3. The van der Waals surface area contributed by atoms with Crippen molar-refractivity contribution in [3.05, 3.63) is 54.1 Å². The van der Waals surface area contributed by atoms with Gasteiger partial charge in [-0.25, -0.2) is 9.59 Å². The van der Waals surface area contributed by atoms with Crippen molar-refractivity contribution in [3.63, 3.8) is 0 Å². The van der Waals surface area contributed by atoms with Crippen LogP contribution >= 0.6 is 0 Å². The second-order valence-electron chi connectivity index (χ2n) is 15.3. The van der Waals surface area contributed by atoms with E-state index in [1.165, 1.54) is 51.4 Å². The molecule has 4 aliphatic rings. The molecule has 1 aromatic carbocycles. The fourth-order valence-electron chi connectivity index (χ4n) is 10.0. The Morgan fingerprint density at radius 3 is 2.48 bits per heavy atom. The Kier molecular flexibility index (Phi) is 10.3. The molecule has 0 amide bonds. The largest absolute Gasteiger partial charge is 0.490 e. The number of rotatable bonds is 12. The van der Waals surface area contributed by atoms with Gasteiger partial charge in [-0.15, -0.1) is 0 Å². The van der Waals surface area contributed by atoms with Crippen LogP contribution in [0, 0.1) is 46.3 Å². The zero-order valence-electron chi connectivity index (χ0n) is 27.9. The normalized spacial score (nSPS) is 33.3. The molecule has 5 heteroatoms. The minimum atomic E-state index is -0.472. The van der Waals surface area contributed by atoms with Crippen molar-refractivity contribution in [1.82, 2.24) is 0 Å². The number of fused-ring (bicyclic) bond motifs is 5. The molecule has 0 radical (unpaired) electrons. The third kappa shape index (κ3) is 6.82. The molecule has 3 saturated carbocycles. The Hall–Kier alpha value is -2.56. The molecule has 1 aromatic rings. The van der Waals surface area contributed by atoms with E-state index in [4.69, 9.17) is 14.2 Å². The van der Waals surface area contributed by atoms with Crippen molar-refractivity contribution >= 4 is 11.9 Å². The summed E-state index contributed by atoms with van der Waals surface area (Å²) in [6.45, 7) is 16.2. The average molecular weight is 605 g/mol. The number of ether oxygens (including phenoxy) is 3. The monoisotopic (exact) mass is 604 g/mol. The fourth-order valence-corrected chi connectivity index (χ4v) is 10.0. The molecule has 0 bridgehead atoms. The predicted octanol–water partition coefficient (Wildman–Crippen LogP) is 9.36. The number of carbonyl (C=O) groups excluding carboxylic acids is 2. The van der Waals surface area contributed by atoms with Gasteiger partial charge in [0.2, 0.25) is 0 Å². The molecular formula is C39H56O5. The van der Waals surface area contributed by atoms with Gasteiger partial charge in [0, 0.05) is 12.5 Å². The number of benzene rings is 1. The molecule has 0 aromatic heterocycles. The lowest BCUT2D eigenvalue weighted by Crippen LogP contribution is -2.51. The molecule has 5 nitrogen and oxygen atoms in total. The van der Waals surface area contributed by atoms with Gasteiger partial charge >= 0.3 is 11.9 Å². The summed E-state index contributed by atoms with van der Waals surface area (Å²) in [5, 5.41) is 0. The van der Waals surface area contributed by atoms with Crippen LogP contribution in [0.3, 0.4) is 0 Å². The molecule has 3 fully saturated rings. The van der Waals surface area contributed by atoms with Crippen LogP contribution in [-0.4, -0.2) is 31.3 Å². The molecule has 0 N–H and O–H groups in total. The van der Waals surface area contributed by atoms with Gasteiger partial charge in [-0.05, 0) is 116 Å². The van der Waals surface area contributed by atoms with Crippen molar-refractivity contribution in [2.24, 2.45) is 46.3 Å². The predicted molar refractivity (Wildman–Crippen MR) is 175 cm³/mol.